The molecule has 29 heavy (non-hydrogen) atoms. The zero-order valence-electron chi connectivity index (χ0n) is 16.2. The summed E-state index contributed by atoms with van der Waals surface area (Å²) >= 11 is 0. The smallest absolute Gasteiger partial charge is 0.408 e. The highest BCUT2D eigenvalue weighted by molar-refractivity contribution is 5.66. The molecule has 0 radical (unpaired) electrons. The molecule has 3 N–H and O–H groups in total. The van der Waals surface area contributed by atoms with Gasteiger partial charge in [0.25, 0.3) is 0 Å². The molecular formula is C17H22F3N7O2. The van der Waals surface area contributed by atoms with Crippen LogP contribution in [0.25, 0.3) is 0 Å². The first-order valence-electron chi connectivity index (χ1n) is 9.02. The van der Waals surface area contributed by atoms with E-state index in [2.05, 4.69) is 25.5 Å². The average molecular weight is 413 g/mol. The number of carbonyl (C=O) groups is 1. The molecule has 158 valence electrons. The van der Waals surface area contributed by atoms with Crippen LogP contribution in [0.15, 0.2) is 12.1 Å². The molecule has 2 aromatic rings. The van der Waals surface area contributed by atoms with Gasteiger partial charge in [-0.1, -0.05) is 0 Å². The first-order valence-corrected chi connectivity index (χ1v) is 9.02. The zero-order valence-corrected chi connectivity index (χ0v) is 16.2. The second kappa shape index (κ2) is 7.76. The molecule has 1 amide bonds. The number of alkyl halides is 3. The van der Waals surface area contributed by atoms with Crippen molar-refractivity contribution in [3.05, 3.63) is 23.5 Å². The zero-order chi connectivity index (χ0) is 21.3. The predicted molar refractivity (Wildman–Crippen MR) is 99.4 cm³/mol. The van der Waals surface area contributed by atoms with Crippen LogP contribution in [0.4, 0.5) is 35.5 Å². The number of halogens is 3. The van der Waals surface area contributed by atoms with Crippen LogP contribution in [-0.4, -0.2) is 67.6 Å². The maximum atomic E-state index is 13.1. The second-order valence-electron chi connectivity index (χ2n) is 7.05. The van der Waals surface area contributed by atoms with E-state index in [0.29, 0.717) is 34.7 Å². The highest BCUT2D eigenvalue weighted by Crippen LogP contribution is 2.30. The number of aromatic nitrogens is 4. The van der Waals surface area contributed by atoms with Gasteiger partial charge in [0.15, 0.2) is 5.82 Å². The molecule has 12 heteroatoms. The molecule has 0 aliphatic carbocycles. The van der Waals surface area contributed by atoms with Gasteiger partial charge in [-0.2, -0.15) is 23.3 Å². The Bertz CT molecular complexity index is 886. The maximum absolute atomic E-state index is 13.1. The highest BCUT2D eigenvalue weighted by atomic mass is 19.4. The minimum absolute atomic E-state index is 0.0805. The summed E-state index contributed by atoms with van der Waals surface area (Å²) in [4.78, 5) is 22.4. The van der Waals surface area contributed by atoms with Gasteiger partial charge in [0.1, 0.15) is 11.9 Å². The van der Waals surface area contributed by atoms with Crippen molar-refractivity contribution in [2.24, 2.45) is 0 Å². The summed E-state index contributed by atoms with van der Waals surface area (Å²) in [5.74, 6) is 1.38. The van der Waals surface area contributed by atoms with Crippen molar-refractivity contribution < 1.29 is 23.1 Å². The summed E-state index contributed by atoms with van der Waals surface area (Å²) in [6.07, 6.45) is -5.97. The molecule has 1 saturated heterocycles. The largest absolute Gasteiger partial charge is 0.465 e. The predicted octanol–water partition coefficient (Wildman–Crippen LogP) is 3.07. The van der Waals surface area contributed by atoms with Gasteiger partial charge >= 0.3 is 12.3 Å². The first-order chi connectivity index (χ1) is 13.5. The van der Waals surface area contributed by atoms with E-state index in [-0.39, 0.29) is 13.0 Å². The minimum Gasteiger partial charge on any atom is -0.465 e. The van der Waals surface area contributed by atoms with E-state index in [4.69, 9.17) is 0 Å². The molecule has 1 unspecified atom stereocenters. The fraction of sp³-hybridized carbons (Fsp3) is 0.529. The van der Waals surface area contributed by atoms with Crippen LogP contribution in [0.2, 0.25) is 0 Å². The number of nitrogens with one attached hydrogen (secondary N) is 2. The van der Waals surface area contributed by atoms with Gasteiger partial charge in [0.2, 0.25) is 5.95 Å². The Labute approximate surface area is 164 Å². The lowest BCUT2D eigenvalue weighted by Gasteiger charge is -2.33. The summed E-state index contributed by atoms with van der Waals surface area (Å²) in [6, 6.07) is 0.616. The third-order valence-corrected chi connectivity index (χ3v) is 4.76. The fourth-order valence-corrected chi connectivity index (χ4v) is 3.32. The van der Waals surface area contributed by atoms with Crippen LogP contribution < -0.4 is 10.2 Å². The molecule has 3 rings (SSSR count). The number of H-pyrrole nitrogens is 1. The summed E-state index contributed by atoms with van der Waals surface area (Å²) in [5, 5.41) is 19.3. The Morgan fingerprint density at radius 3 is 2.66 bits per heavy atom. The van der Waals surface area contributed by atoms with Gasteiger partial charge < -0.3 is 15.3 Å². The van der Waals surface area contributed by atoms with E-state index < -0.39 is 24.4 Å². The Kier molecular flexibility index (Phi) is 5.53. The Hall–Kier alpha value is -3.05. The van der Waals surface area contributed by atoms with E-state index >= 15 is 0 Å². The molecule has 2 atom stereocenters. The molecule has 1 aliphatic heterocycles. The normalized spacial score (nSPS) is 18.0. The molecule has 0 aromatic carbocycles. The van der Waals surface area contributed by atoms with E-state index in [1.54, 1.807) is 24.0 Å². The topological polar surface area (TPSA) is 110 Å². The van der Waals surface area contributed by atoms with Gasteiger partial charge in [-0.25, -0.2) is 9.78 Å². The lowest BCUT2D eigenvalue weighted by atomic mass is 10.1. The SMILES string of the molecule is Cc1cc(Nc2cc(C)[nH]n2)nc(N2CC[C@H](N(C(=O)O)C(C)C(F)(F)F)C2)n1. The van der Waals surface area contributed by atoms with Gasteiger partial charge in [-0.15, -0.1) is 0 Å². The highest BCUT2D eigenvalue weighted by Gasteiger charge is 2.46. The number of hydrogen-bond acceptors (Lipinski definition) is 6. The number of carboxylic acid groups (broad SMARTS) is 1. The molecule has 1 aliphatic rings. The molecule has 0 spiro atoms. The molecule has 3 heterocycles. The van der Waals surface area contributed by atoms with E-state index in [1.807, 2.05) is 6.92 Å². The van der Waals surface area contributed by atoms with Crippen molar-refractivity contribution >= 4 is 23.7 Å². The summed E-state index contributed by atoms with van der Waals surface area (Å²) in [6.45, 7) is 4.92. The van der Waals surface area contributed by atoms with Crippen LogP contribution in [0, 0.1) is 13.8 Å². The third-order valence-electron chi connectivity index (χ3n) is 4.76. The van der Waals surface area contributed by atoms with Crippen LogP contribution in [0.1, 0.15) is 24.7 Å². The fourth-order valence-electron chi connectivity index (χ4n) is 3.32. The van der Waals surface area contributed by atoms with Crippen molar-refractivity contribution in [2.45, 2.75) is 45.5 Å². The molecule has 0 saturated carbocycles. The molecule has 0 bridgehead atoms. The van der Waals surface area contributed by atoms with Crippen molar-refractivity contribution in [1.29, 1.82) is 0 Å². The summed E-state index contributed by atoms with van der Waals surface area (Å²) in [5.41, 5.74) is 1.53. The number of rotatable bonds is 5. The maximum Gasteiger partial charge on any atom is 0.408 e. The van der Waals surface area contributed by atoms with Crippen molar-refractivity contribution in [3.63, 3.8) is 0 Å². The number of aryl methyl sites for hydroxylation is 2. The van der Waals surface area contributed by atoms with E-state index in [0.717, 1.165) is 12.6 Å². The molecule has 9 nitrogen and oxygen atoms in total. The van der Waals surface area contributed by atoms with Gasteiger partial charge in [0, 0.05) is 36.6 Å². The number of amides is 1. The van der Waals surface area contributed by atoms with Crippen molar-refractivity contribution in [1.82, 2.24) is 25.1 Å². The van der Waals surface area contributed by atoms with Crippen LogP contribution in [-0.2, 0) is 0 Å². The first kappa shape index (κ1) is 20.7. The van der Waals surface area contributed by atoms with Crippen molar-refractivity contribution in [2.75, 3.05) is 23.3 Å². The summed E-state index contributed by atoms with van der Waals surface area (Å²) in [7, 11) is 0. The van der Waals surface area contributed by atoms with Gasteiger partial charge in [-0.3, -0.25) is 10.00 Å². The molecular weight excluding hydrogens is 391 g/mol. The number of anilines is 3. The summed E-state index contributed by atoms with van der Waals surface area (Å²) < 4.78 is 39.3. The molecule has 2 aromatic heterocycles. The quantitative estimate of drug-likeness (QED) is 0.691. The number of nitrogens with zero attached hydrogens (tertiary/aromatic N) is 5. The number of hydrogen-bond donors (Lipinski definition) is 3. The lowest BCUT2D eigenvalue weighted by Crippen LogP contribution is -2.52. The monoisotopic (exact) mass is 413 g/mol. The Morgan fingerprint density at radius 2 is 2.07 bits per heavy atom. The lowest BCUT2D eigenvalue weighted by molar-refractivity contribution is -0.177. The average Bonchev–Trinajstić information content (AvgIpc) is 3.23. The van der Waals surface area contributed by atoms with Crippen LogP contribution in [0.3, 0.4) is 0 Å². The molecule has 1 fully saturated rings. The van der Waals surface area contributed by atoms with E-state index in [9.17, 15) is 23.1 Å². The number of aromatic amines is 1. The van der Waals surface area contributed by atoms with Gasteiger partial charge in [0.05, 0.1) is 6.04 Å². The van der Waals surface area contributed by atoms with Crippen molar-refractivity contribution in [3.8, 4) is 0 Å². The van der Waals surface area contributed by atoms with Crippen LogP contribution in [0.5, 0.6) is 0 Å². The standard InChI is InChI=1S/C17H22F3N7O2/c1-9-6-13(22-14-7-10(2)24-25-14)23-15(21-9)26-5-4-12(8-26)27(16(28)29)11(3)17(18,19)20/h6-7,11-12H,4-5,8H2,1-3H3,(H,28,29)(H2,21,22,23,24,25)/t11?,12-/m0/s1. The second-order valence-corrected chi connectivity index (χ2v) is 7.05. The van der Waals surface area contributed by atoms with Gasteiger partial charge in [-0.05, 0) is 27.2 Å². The third kappa shape index (κ3) is 4.69. The Morgan fingerprint density at radius 1 is 1.34 bits per heavy atom. The van der Waals surface area contributed by atoms with E-state index in [1.165, 1.54) is 0 Å². The van der Waals surface area contributed by atoms with Crippen LogP contribution >= 0.6 is 0 Å². The Balaban J connectivity index is 1.77. The minimum atomic E-state index is -4.63.